The van der Waals surface area contributed by atoms with E-state index in [2.05, 4.69) is 9.71 Å². The van der Waals surface area contributed by atoms with E-state index in [1.165, 1.54) is 18.3 Å². The van der Waals surface area contributed by atoms with Gasteiger partial charge in [-0.3, -0.25) is 10.1 Å². The first-order valence-electron chi connectivity index (χ1n) is 5.45. The normalized spacial score (nSPS) is 11.7. The minimum absolute atomic E-state index is 0.0614. The highest BCUT2D eigenvalue weighted by atomic mass is 32.2. The molecule has 20 heavy (non-hydrogen) atoms. The van der Waals surface area contributed by atoms with Gasteiger partial charge >= 0.3 is 0 Å². The third-order valence-electron chi connectivity index (χ3n) is 2.44. The Morgan fingerprint density at radius 1 is 1.45 bits per heavy atom. The second-order valence-electron chi connectivity index (χ2n) is 3.95. The molecule has 2 heterocycles. The number of thiazole rings is 1. The van der Waals surface area contributed by atoms with E-state index in [9.17, 15) is 18.5 Å². The number of nitrogens with zero attached hydrogens (tertiary/aromatic N) is 2. The maximum Gasteiger partial charge on any atom is 0.284 e. The summed E-state index contributed by atoms with van der Waals surface area (Å²) in [6, 6.07) is 1.08. The average molecular weight is 333 g/mol. The molecule has 10 heteroatoms. The molecule has 0 saturated carbocycles. The number of nitrogens with one attached hydrogen (secondary N) is 1. The Kier molecular flexibility index (Phi) is 4.18. The predicted molar refractivity (Wildman–Crippen MR) is 76.6 cm³/mol. The van der Waals surface area contributed by atoms with Crippen LogP contribution in [0.3, 0.4) is 0 Å². The Bertz CT molecular complexity index is 748. The lowest BCUT2D eigenvalue weighted by Crippen LogP contribution is -2.22. The summed E-state index contributed by atoms with van der Waals surface area (Å²) >= 11 is 2.31. The van der Waals surface area contributed by atoms with Crippen molar-refractivity contribution in [3.63, 3.8) is 0 Å². The molecule has 0 aliphatic carbocycles. The number of rotatable bonds is 5. The summed E-state index contributed by atoms with van der Waals surface area (Å²) in [6.07, 6.45) is 0. The number of aromatic nitrogens is 1. The lowest BCUT2D eigenvalue weighted by atomic mass is 10.4. The van der Waals surface area contributed by atoms with Crippen LogP contribution in [0.25, 0.3) is 0 Å². The van der Waals surface area contributed by atoms with Gasteiger partial charge in [0.05, 0.1) is 27.0 Å². The molecule has 7 nitrogen and oxygen atoms in total. The van der Waals surface area contributed by atoms with Crippen molar-refractivity contribution in [2.75, 3.05) is 0 Å². The van der Waals surface area contributed by atoms with Crippen LogP contribution in [-0.4, -0.2) is 18.3 Å². The summed E-state index contributed by atoms with van der Waals surface area (Å²) in [7, 11) is -3.76. The van der Waals surface area contributed by atoms with Crippen molar-refractivity contribution >= 4 is 38.4 Å². The molecule has 0 fully saturated rings. The van der Waals surface area contributed by atoms with Crippen LogP contribution in [0.4, 0.5) is 5.69 Å². The maximum absolute atomic E-state index is 12.1. The van der Waals surface area contributed by atoms with Crippen molar-refractivity contribution in [3.8, 4) is 0 Å². The molecule has 0 aromatic carbocycles. The Labute approximate surface area is 123 Å². The van der Waals surface area contributed by atoms with Gasteiger partial charge in [0.2, 0.25) is 0 Å². The van der Waals surface area contributed by atoms with Gasteiger partial charge in [-0.15, -0.1) is 22.7 Å². The van der Waals surface area contributed by atoms with E-state index in [4.69, 9.17) is 0 Å². The van der Waals surface area contributed by atoms with Crippen molar-refractivity contribution in [1.29, 1.82) is 0 Å². The first-order valence-corrected chi connectivity index (χ1v) is 8.63. The Morgan fingerprint density at radius 2 is 2.15 bits per heavy atom. The van der Waals surface area contributed by atoms with Gasteiger partial charge in [-0.05, 0) is 13.8 Å². The molecule has 2 aromatic heterocycles. The topological polar surface area (TPSA) is 102 Å². The molecule has 2 aromatic rings. The molecule has 0 amide bonds. The number of nitro groups is 1. The van der Waals surface area contributed by atoms with Crippen LogP contribution in [0.1, 0.15) is 15.6 Å². The number of hydrogen-bond donors (Lipinski definition) is 1. The maximum atomic E-state index is 12.1. The zero-order valence-corrected chi connectivity index (χ0v) is 13.1. The van der Waals surface area contributed by atoms with E-state index >= 15 is 0 Å². The SMILES string of the molecule is Cc1nc(CNS(=O)(=O)c2cc([N+](=O)[O-])c(C)s2)cs1. The third kappa shape index (κ3) is 3.20. The average Bonchev–Trinajstić information content (AvgIpc) is 2.93. The lowest BCUT2D eigenvalue weighted by molar-refractivity contribution is -0.385. The van der Waals surface area contributed by atoms with E-state index in [-0.39, 0.29) is 16.4 Å². The second-order valence-corrected chi connectivity index (χ2v) is 8.26. The van der Waals surface area contributed by atoms with Gasteiger partial charge in [-0.1, -0.05) is 0 Å². The summed E-state index contributed by atoms with van der Waals surface area (Å²) in [5.74, 6) is 0. The van der Waals surface area contributed by atoms with E-state index in [1.54, 1.807) is 5.38 Å². The van der Waals surface area contributed by atoms with Gasteiger partial charge in [0.25, 0.3) is 15.7 Å². The molecule has 0 bridgehead atoms. The number of thiophene rings is 1. The predicted octanol–water partition coefficient (Wildman–Crippen LogP) is 2.21. The molecule has 0 unspecified atom stereocenters. The minimum Gasteiger partial charge on any atom is -0.258 e. The first kappa shape index (κ1) is 15.0. The van der Waals surface area contributed by atoms with Crippen LogP contribution < -0.4 is 4.72 Å². The van der Waals surface area contributed by atoms with Gasteiger partial charge < -0.3 is 0 Å². The smallest absolute Gasteiger partial charge is 0.258 e. The Hall–Kier alpha value is -1.36. The van der Waals surface area contributed by atoms with Gasteiger partial charge in [0.15, 0.2) is 0 Å². The highest BCUT2D eigenvalue weighted by Crippen LogP contribution is 2.31. The minimum atomic E-state index is -3.76. The van der Waals surface area contributed by atoms with Crippen molar-refractivity contribution in [2.45, 2.75) is 24.6 Å². The zero-order valence-electron chi connectivity index (χ0n) is 10.6. The quantitative estimate of drug-likeness (QED) is 0.667. The standard InChI is InChI=1S/C10H11N3O4S3/c1-6-9(13(14)15)3-10(19-6)20(16,17)11-4-8-5-18-7(2)12-8/h3,5,11H,4H2,1-2H3. The highest BCUT2D eigenvalue weighted by Gasteiger charge is 2.23. The summed E-state index contributed by atoms with van der Waals surface area (Å²) in [5.41, 5.74) is 0.443. The first-order chi connectivity index (χ1) is 9.29. The van der Waals surface area contributed by atoms with Crippen LogP contribution in [0.2, 0.25) is 0 Å². The molecule has 0 aliphatic rings. The van der Waals surface area contributed by atoms with Gasteiger partial charge in [-0.25, -0.2) is 18.1 Å². The van der Waals surface area contributed by atoms with Crippen LogP contribution in [-0.2, 0) is 16.6 Å². The van der Waals surface area contributed by atoms with Crippen molar-refractivity contribution in [3.05, 3.63) is 37.1 Å². The molecule has 2 rings (SSSR count). The second kappa shape index (κ2) is 5.56. The molecule has 0 spiro atoms. The number of aryl methyl sites for hydroxylation is 2. The van der Waals surface area contributed by atoms with Crippen molar-refractivity contribution < 1.29 is 13.3 Å². The summed E-state index contributed by atoms with van der Waals surface area (Å²) in [6.45, 7) is 3.41. The fourth-order valence-electron chi connectivity index (χ4n) is 1.49. The van der Waals surface area contributed by atoms with Crippen molar-refractivity contribution in [2.24, 2.45) is 0 Å². The van der Waals surface area contributed by atoms with E-state index in [0.29, 0.717) is 10.6 Å². The molecule has 0 atom stereocenters. The molecular formula is C10H11N3O4S3. The van der Waals surface area contributed by atoms with Crippen molar-refractivity contribution in [1.82, 2.24) is 9.71 Å². The van der Waals surface area contributed by atoms with E-state index < -0.39 is 14.9 Å². The highest BCUT2D eigenvalue weighted by molar-refractivity contribution is 7.91. The largest absolute Gasteiger partial charge is 0.284 e. The lowest BCUT2D eigenvalue weighted by Gasteiger charge is -2.01. The van der Waals surface area contributed by atoms with Crippen LogP contribution in [0.15, 0.2) is 15.7 Å². The number of hydrogen-bond acceptors (Lipinski definition) is 7. The molecular weight excluding hydrogens is 322 g/mol. The van der Waals surface area contributed by atoms with Gasteiger partial charge in [0.1, 0.15) is 4.21 Å². The van der Waals surface area contributed by atoms with E-state index in [1.807, 2.05) is 6.92 Å². The summed E-state index contributed by atoms with van der Waals surface area (Å²) in [5, 5.41) is 13.3. The fourth-order valence-corrected chi connectivity index (χ4v) is 4.55. The molecule has 0 aliphatic heterocycles. The monoisotopic (exact) mass is 333 g/mol. The van der Waals surface area contributed by atoms with Crippen LogP contribution >= 0.6 is 22.7 Å². The van der Waals surface area contributed by atoms with E-state index in [0.717, 1.165) is 22.4 Å². The fraction of sp³-hybridized carbons (Fsp3) is 0.300. The number of sulfonamides is 1. The van der Waals surface area contributed by atoms with Crippen LogP contribution in [0.5, 0.6) is 0 Å². The molecule has 0 radical (unpaired) electrons. The Balaban J connectivity index is 2.18. The van der Waals surface area contributed by atoms with Gasteiger partial charge in [0, 0.05) is 11.4 Å². The summed E-state index contributed by atoms with van der Waals surface area (Å²) in [4.78, 5) is 14.7. The van der Waals surface area contributed by atoms with Crippen LogP contribution in [0, 0.1) is 24.0 Å². The molecule has 1 N–H and O–H groups in total. The summed E-state index contributed by atoms with van der Waals surface area (Å²) < 4.78 is 26.4. The third-order valence-corrected chi connectivity index (χ3v) is 6.18. The molecule has 108 valence electrons. The Morgan fingerprint density at radius 3 is 2.65 bits per heavy atom. The zero-order chi connectivity index (χ0) is 14.9. The molecule has 0 saturated heterocycles. The van der Waals surface area contributed by atoms with Gasteiger partial charge in [-0.2, -0.15) is 0 Å².